The second-order valence-corrected chi connectivity index (χ2v) is 3.95. The van der Waals surface area contributed by atoms with Crippen molar-refractivity contribution in [3.63, 3.8) is 0 Å². The third-order valence-electron chi connectivity index (χ3n) is 2.26. The topological polar surface area (TPSA) is 48.2 Å². The molecule has 1 unspecified atom stereocenters. The van der Waals surface area contributed by atoms with Crippen molar-refractivity contribution in [3.05, 3.63) is 34.3 Å². The highest BCUT2D eigenvalue weighted by molar-refractivity contribution is 6.34. The molecule has 1 atom stereocenters. The maximum Gasteiger partial charge on any atom is 0.130 e. The zero-order chi connectivity index (χ0) is 10.8. The van der Waals surface area contributed by atoms with Crippen LogP contribution in [-0.2, 0) is 0 Å². The van der Waals surface area contributed by atoms with Crippen LogP contribution in [0.5, 0.6) is 0 Å². The Hall–Kier alpha value is -1.53. The molecule has 1 aromatic rings. The maximum absolute atomic E-state index is 8.79. The summed E-state index contributed by atoms with van der Waals surface area (Å²) in [5.41, 5.74) is 1.40. The van der Waals surface area contributed by atoms with E-state index in [4.69, 9.17) is 16.9 Å². The highest BCUT2D eigenvalue weighted by Crippen LogP contribution is 2.19. The van der Waals surface area contributed by atoms with E-state index in [1.165, 1.54) is 0 Å². The number of amidine groups is 1. The molecule has 4 heteroatoms. The lowest BCUT2D eigenvalue weighted by atomic mass is 10.1. The highest BCUT2D eigenvalue weighted by Gasteiger charge is 2.16. The first-order valence-corrected chi connectivity index (χ1v) is 5.09. The summed E-state index contributed by atoms with van der Waals surface area (Å²) in [7, 11) is 0. The average molecular weight is 220 g/mol. The van der Waals surface area contributed by atoms with Gasteiger partial charge in [-0.1, -0.05) is 11.6 Å². The second kappa shape index (κ2) is 3.92. The van der Waals surface area contributed by atoms with Crippen LogP contribution in [0, 0.1) is 11.3 Å². The van der Waals surface area contributed by atoms with E-state index in [2.05, 4.69) is 23.3 Å². The number of rotatable bonds is 1. The normalized spacial score (nSPS) is 19.3. The lowest BCUT2D eigenvalue weighted by molar-refractivity contribution is 0.726. The van der Waals surface area contributed by atoms with E-state index in [0.29, 0.717) is 16.6 Å². The SMILES string of the molecule is CC1CN=C(c2cc(C#N)ccc2Cl)N1. The number of nitriles is 1. The fraction of sp³-hybridized carbons (Fsp3) is 0.273. The van der Waals surface area contributed by atoms with Crippen LogP contribution in [0.1, 0.15) is 18.1 Å². The molecule has 0 aromatic heterocycles. The molecule has 76 valence electrons. The summed E-state index contributed by atoms with van der Waals surface area (Å²) in [4.78, 5) is 4.33. The number of benzene rings is 1. The molecule has 15 heavy (non-hydrogen) atoms. The summed E-state index contributed by atoms with van der Waals surface area (Å²) in [6.45, 7) is 2.81. The average Bonchev–Trinajstić information content (AvgIpc) is 2.65. The zero-order valence-corrected chi connectivity index (χ0v) is 9.04. The molecule has 1 aliphatic heterocycles. The quantitative estimate of drug-likeness (QED) is 0.785. The van der Waals surface area contributed by atoms with Crippen molar-refractivity contribution in [2.45, 2.75) is 13.0 Å². The van der Waals surface area contributed by atoms with Gasteiger partial charge in [-0.15, -0.1) is 0 Å². The van der Waals surface area contributed by atoms with Gasteiger partial charge in [-0.3, -0.25) is 4.99 Å². The highest BCUT2D eigenvalue weighted by atomic mass is 35.5. The van der Waals surface area contributed by atoms with Gasteiger partial charge in [0, 0.05) is 11.6 Å². The van der Waals surface area contributed by atoms with Crippen LogP contribution in [0.15, 0.2) is 23.2 Å². The van der Waals surface area contributed by atoms with Gasteiger partial charge in [-0.25, -0.2) is 0 Å². The number of nitrogens with zero attached hydrogens (tertiary/aromatic N) is 2. The van der Waals surface area contributed by atoms with Crippen molar-refractivity contribution in [2.75, 3.05) is 6.54 Å². The number of hydrogen-bond donors (Lipinski definition) is 1. The van der Waals surface area contributed by atoms with Gasteiger partial charge in [0.15, 0.2) is 0 Å². The Kier molecular flexibility index (Phi) is 2.61. The summed E-state index contributed by atoms with van der Waals surface area (Å²) in [6.07, 6.45) is 0. The van der Waals surface area contributed by atoms with Crippen molar-refractivity contribution in [1.82, 2.24) is 5.32 Å². The van der Waals surface area contributed by atoms with E-state index in [1.807, 2.05) is 0 Å². The Bertz CT molecular complexity index is 459. The Morgan fingerprint density at radius 3 is 3.00 bits per heavy atom. The molecule has 1 heterocycles. The van der Waals surface area contributed by atoms with E-state index in [0.717, 1.165) is 17.9 Å². The molecule has 1 aromatic carbocycles. The Morgan fingerprint density at radius 1 is 1.60 bits per heavy atom. The molecule has 1 N–H and O–H groups in total. The fourth-order valence-corrected chi connectivity index (χ4v) is 1.70. The van der Waals surface area contributed by atoms with E-state index in [1.54, 1.807) is 18.2 Å². The minimum atomic E-state index is 0.335. The number of halogens is 1. The minimum absolute atomic E-state index is 0.335. The largest absolute Gasteiger partial charge is 0.366 e. The Morgan fingerprint density at radius 2 is 2.40 bits per heavy atom. The van der Waals surface area contributed by atoms with Crippen LogP contribution in [0.4, 0.5) is 0 Å². The molecule has 0 aliphatic carbocycles. The Labute approximate surface area is 93.4 Å². The van der Waals surface area contributed by atoms with Crippen molar-refractivity contribution < 1.29 is 0 Å². The van der Waals surface area contributed by atoms with Gasteiger partial charge in [0.05, 0.1) is 23.2 Å². The van der Waals surface area contributed by atoms with Gasteiger partial charge in [-0.2, -0.15) is 5.26 Å². The molecule has 0 bridgehead atoms. The van der Waals surface area contributed by atoms with E-state index >= 15 is 0 Å². The zero-order valence-electron chi connectivity index (χ0n) is 8.29. The van der Waals surface area contributed by atoms with Gasteiger partial charge in [0.25, 0.3) is 0 Å². The predicted octanol–water partition coefficient (Wildman–Crippen LogP) is 1.95. The second-order valence-electron chi connectivity index (χ2n) is 3.54. The van der Waals surface area contributed by atoms with Gasteiger partial charge in [0.1, 0.15) is 5.84 Å². The molecular weight excluding hydrogens is 210 g/mol. The van der Waals surface area contributed by atoms with Crippen LogP contribution in [0.3, 0.4) is 0 Å². The molecule has 0 fully saturated rings. The summed E-state index contributed by atoms with van der Waals surface area (Å²) in [5, 5.41) is 12.6. The summed E-state index contributed by atoms with van der Waals surface area (Å²) < 4.78 is 0. The van der Waals surface area contributed by atoms with Crippen LogP contribution in [0.2, 0.25) is 5.02 Å². The first-order chi connectivity index (χ1) is 7.20. The van der Waals surface area contributed by atoms with E-state index in [9.17, 15) is 0 Å². The molecule has 0 saturated heterocycles. The summed E-state index contributed by atoms with van der Waals surface area (Å²) in [5.74, 6) is 0.782. The van der Waals surface area contributed by atoms with Crippen LogP contribution in [-0.4, -0.2) is 18.4 Å². The first kappa shape index (κ1) is 10.0. The van der Waals surface area contributed by atoms with Crippen molar-refractivity contribution in [3.8, 4) is 6.07 Å². The summed E-state index contributed by atoms with van der Waals surface area (Å²) in [6, 6.07) is 7.60. The smallest absolute Gasteiger partial charge is 0.130 e. The van der Waals surface area contributed by atoms with E-state index in [-0.39, 0.29) is 0 Å². The monoisotopic (exact) mass is 219 g/mol. The minimum Gasteiger partial charge on any atom is -0.366 e. The van der Waals surface area contributed by atoms with Crippen LogP contribution < -0.4 is 5.32 Å². The predicted molar refractivity (Wildman–Crippen MR) is 60.2 cm³/mol. The van der Waals surface area contributed by atoms with Gasteiger partial charge >= 0.3 is 0 Å². The van der Waals surface area contributed by atoms with Crippen molar-refractivity contribution in [1.29, 1.82) is 5.26 Å². The molecule has 3 nitrogen and oxygen atoms in total. The fourth-order valence-electron chi connectivity index (χ4n) is 1.49. The number of nitrogens with one attached hydrogen (secondary N) is 1. The van der Waals surface area contributed by atoms with Gasteiger partial charge in [-0.05, 0) is 25.1 Å². The molecule has 0 amide bonds. The molecule has 0 radical (unpaired) electrons. The number of hydrogen-bond acceptors (Lipinski definition) is 3. The third-order valence-corrected chi connectivity index (χ3v) is 2.59. The van der Waals surface area contributed by atoms with Crippen LogP contribution in [0.25, 0.3) is 0 Å². The van der Waals surface area contributed by atoms with E-state index < -0.39 is 0 Å². The van der Waals surface area contributed by atoms with Crippen LogP contribution >= 0.6 is 11.6 Å². The molecular formula is C11H10ClN3. The number of aliphatic imine (C=N–C) groups is 1. The van der Waals surface area contributed by atoms with Gasteiger partial charge < -0.3 is 5.32 Å². The lowest BCUT2D eigenvalue weighted by Gasteiger charge is -2.07. The molecule has 1 aliphatic rings. The molecule has 0 spiro atoms. The van der Waals surface area contributed by atoms with Crippen molar-refractivity contribution >= 4 is 17.4 Å². The standard InChI is InChI=1S/C11H10ClN3/c1-7-6-14-11(15-7)9-4-8(5-13)2-3-10(9)12/h2-4,7H,6H2,1H3,(H,14,15). The molecule has 2 rings (SSSR count). The Balaban J connectivity index is 2.40. The van der Waals surface area contributed by atoms with Crippen molar-refractivity contribution in [2.24, 2.45) is 4.99 Å². The summed E-state index contributed by atoms with van der Waals surface area (Å²) >= 11 is 6.05. The third kappa shape index (κ3) is 1.95. The lowest BCUT2D eigenvalue weighted by Crippen LogP contribution is -2.27. The maximum atomic E-state index is 8.79. The molecule has 0 saturated carbocycles. The first-order valence-electron chi connectivity index (χ1n) is 4.71. The van der Waals surface area contributed by atoms with Gasteiger partial charge in [0.2, 0.25) is 0 Å².